The zero-order chi connectivity index (χ0) is 15.2. The van der Waals surface area contributed by atoms with Crippen LogP contribution in [-0.2, 0) is 14.3 Å². The van der Waals surface area contributed by atoms with Gasteiger partial charge in [0, 0.05) is 26.3 Å². The maximum absolute atomic E-state index is 12.6. The number of carboxylic acids is 1. The molecule has 1 amide bonds. The van der Waals surface area contributed by atoms with Crippen LogP contribution in [0.4, 0.5) is 0 Å². The zero-order valence-electron chi connectivity index (χ0n) is 12.9. The van der Waals surface area contributed by atoms with Crippen LogP contribution in [0.5, 0.6) is 0 Å². The van der Waals surface area contributed by atoms with Crippen LogP contribution in [0.2, 0.25) is 0 Å². The lowest BCUT2D eigenvalue weighted by molar-refractivity contribution is -0.141. The van der Waals surface area contributed by atoms with Crippen molar-refractivity contribution in [3.8, 4) is 0 Å². The first-order chi connectivity index (χ1) is 9.93. The van der Waals surface area contributed by atoms with Gasteiger partial charge in [-0.05, 0) is 36.5 Å². The van der Waals surface area contributed by atoms with Gasteiger partial charge in [0.15, 0.2) is 0 Å². The lowest BCUT2D eigenvalue weighted by Crippen LogP contribution is -2.33. The molecule has 0 aromatic heterocycles. The molecule has 118 valence electrons. The summed E-state index contributed by atoms with van der Waals surface area (Å²) in [5, 5.41) is 9.22. The van der Waals surface area contributed by atoms with E-state index in [9.17, 15) is 14.7 Å². The average molecular weight is 295 g/mol. The molecule has 0 radical (unpaired) electrons. The largest absolute Gasteiger partial charge is 0.481 e. The van der Waals surface area contributed by atoms with Crippen LogP contribution < -0.4 is 0 Å². The summed E-state index contributed by atoms with van der Waals surface area (Å²) in [4.78, 5) is 25.8. The molecular formula is C16H25NO4. The molecule has 1 unspecified atom stereocenters. The molecule has 3 rings (SSSR count). The highest BCUT2D eigenvalue weighted by molar-refractivity contribution is 5.91. The molecular weight excluding hydrogens is 270 g/mol. The van der Waals surface area contributed by atoms with Gasteiger partial charge in [-0.15, -0.1) is 0 Å². The first-order valence-electron chi connectivity index (χ1n) is 8.02. The molecule has 2 heterocycles. The predicted octanol–water partition coefficient (Wildman–Crippen LogP) is 1.62. The van der Waals surface area contributed by atoms with Crippen molar-refractivity contribution >= 4 is 11.9 Å². The lowest BCUT2D eigenvalue weighted by atomic mass is 9.85. The minimum atomic E-state index is -0.835. The molecule has 2 saturated heterocycles. The molecule has 0 aromatic rings. The fraction of sp³-hybridized carbons (Fsp3) is 0.875. The standard InChI is InChI=1S/C16H25NO4/c1-16(2)12(13(16)15(19)20)14(18)17-6-3-11(9-17)10-4-7-21-8-5-10/h10-13H,3-9H2,1-2H3,(H,19,20)/t11?,12-,13+/m1/s1. The molecule has 2 aliphatic heterocycles. The van der Waals surface area contributed by atoms with Crippen molar-refractivity contribution in [3.05, 3.63) is 0 Å². The Labute approximate surface area is 125 Å². The van der Waals surface area contributed by atoms with E-state index in [0.717, 1.165) is 45.6 Å². The number of rotatable bonds is 3. The summed E-state index contributed by atoms with van der Waals surface area (Å²) in [6.07, 6.45) is 3.25. The molecule has 1 N–H and O–H groups in total. The van der Waals surface area contributed by atoms with Crippen molar-refractivity contribution < 1.29 is 19.4 Å². The Morgan fingerprint density at radius 1 is 1.10 bits per heavy atom. The van der Waals surface area contributed by atoms with E-state index in [1.807, 2.05) is 18.7 Å². The molecule has 1 saturated carbocycles. The van der Waals surface area contributed by atoms with Crippen LogP contribution in [0.3, 0.4) is 0 Å². The average Bonchev–Trinajstić information content (AvgIpc) is 2.84. The highest BCUT2D eigenvalue weighted by Gasteiger charge is 2.66. The van der Waals surface area contributed by atoms with Gasteiger partial charge in [0.25, 0.3) is 0 Å². The minimum Gasteiger partial charge on any atom is -0.481 e. The Kier molecular flexibility index (Phi) is 3.72. The van der Waals surface area contributed by atoms with E-state index in [4.69, 9.17) is 4.74 Å². The quantitative estimate of drug-likeness (QED) is 0.859. The van der Waals surface area contributed by atoms with Crippen molar-refractivity contribution in [2.24, 2.45) is 29.1 Å². The summed E-state index contributed by atoms with van der Waals surface area (Å²) in [6, 6.07) is 0. The number of nitrogens with zero attached hydrogens (tertiary/aromatic N) is 1. The summed E-state index contributed by atoms with van der Waals surface area (Å²) in [7, 11) is 0. The highest BCUT2D eigenvalue weighted by Crippen LogP contribution is 2.59. The van der Waals surface area contributed by atoms with Gasteiger partial charge >= 0.3 is 5.97 Å². The molecule has 5 heteroatoms. The molecule has 3 atom stereocenters. The predicted molar refractivity (Wildman–Crippen MR) is 76.6 cm³/mol. The Bertz CT molecular complexity index is 442. The van der Waals surface area contributed by atoms with Crippen LogP contribution in [0, 0.1) is 29.1 Å². The van der Waals surface area contributed by atoms with Crippen molar-refractivity contribution in [2.75, 3.05) is 26.3 Å². The number of hydrogen-bond acceptors (Lipinski definition) is 3. The smallest absolute Gasteiger partial charge is 0.307 e. The van der Waals surface area contributed by atoms with E-state index in [1.165, 1.54) is 0 Å². The fourth-order valence-corrected chi connectivity index (χ4v) is 4.32. The van der Waals surface area contributed by atoms with Gasteiger partial charge in [0.05, 0.1) is 11.8 Å². The zero-order valence-corrected chi connectivity index (χ0v) is 12.9. The van der Waals surface area contributed by atoms with E-state index in [1.54, 1.807) is 0 Å². The van der Waals surface area contributed by atoms with Gasteiger partial charge in [-0.3, -0.25) is 9.59 Å². The Balaban J connectivity index is 1.59. The number of aliphatic carboxylic acids is 1. The molecule has 1 aliphatic carbocycles. The number of amides is 1. The van der Waals surface area contributed by atoms with Gasteiger partial charge in [0.2, 0.25) is 5.91 Å². The van der Waals surface area contributed by atoms with Gasteiger partial charge < -0.3 is 14.7 Å². The second-order valence-corrected chi connectivity index (χ2v) is 7.40. The van der Waals surface area contributed by atoms with Gasteiger partial charge in [-0.1, -0.05) is 13.8 Å². The molecule has 3 fully saturated rings. The maximum Gasteiger partial charge on any atom is 0.307 e. The van der Waals surface area contributed by atoms with Crippen LogP contribution in [-0.4, -0.2) is 48.2 Å². The highest BCUT2D eigenvalue weighted by atomic mass is 16.5. The number of carbonyl (C=O) groups is 2. The van der Waals surface area contributed by atoms with Crippen LogP contribution in [0.25, 0.3) is 0 Å². The maximum atomic E-state index is 12.6. The first kappa shape index (κ1) is 14.8. The number of carboxylic acid groups (broad SMARTS) is 1. The van der Waals surface area contributed by atoms with E-state index in [0.29, 0.717) is 11.8 Å². The first-order valence-corrected chi connectivity index (χ1v) is 8.02. The van der Waals surface area contributed by atoms with Gasteiger partial charge in [0.1, 0.15) is 0 Å². The van der Waals surface area contributed by atoms with Gasteiger partial charge in [-0.2, -0.15) is 0 Å². The normalized spacial score (nSPS) is 35.7. The SMILES string of the molecule is CC1(C)[C@H](C(=O)O)[C@@H]1C(=O)N1CCC(C2CCOCC2)C1. The summed E-state index contributed by atoms with van der Waals surface area (Å²) >= 11 is 0. The fourth-order valence-electron chi connectivity index (χ4n) is 4.32. The van der Waals surface area contributed by atoms with Crippen molar-refractivity contribution in [1.29, 1.82) is 0 Å². The molecule has 0 spiro atoms. The second kappa shape index (κ2) is 5.27. The van der Waals surface area contributed by atoms with E-state index in [2.05, 4.69) is 0 Å². The van der Waals surface area contributed by atoms with Crippen LogP contribution in [0.15, 0.2) is 0 Å². The van der Waals surface area contributed by atoms with E-state index in [-0.39, 0.29) is 17.2 Å². The molecule has 5 nitrogen and oxygen atoms in total. The monoisotopic (exact) mass is 295 g/mol. The second-order valence-electron chi connectivity index (χ2n) is 7.40. The molecule has 3 aliphatic rings. The summed E-state index contributed by atoms with van der Waals surface area (Å²) in [5.41, 5.74) is -0.389. The molecule has 0 bridgehead atoms. The van der Waals surface area contributed by atoms with Gasteiger partial charge in [-0.25, -0.2) is 0 Å². The Morgan fingerprint density at radius 2 is 1.76 bits per heavy atom. The van der Waals surface area contributed by atoms with Crippen molar-refractivity contribution in [3.63, 3.8) is 0 Å². The molecule has 0 aromatic carbocycles. The number of hydrogen-bond donors (Lipinski definition) is 1. The topological polar surface area (TPSA) is 66.8 Å². The summed E-state index contributed by atoms with van der Waals surface area (Å²) in [5.74, 6) is -0.377. The minimum absolute atomic E-state index is 0.0574. The summed E-state index contributed by atoms with van der Waals surface area (Å²) < 4.78 is 5.40. The van der Waals surface area contributed by atoms with Crippen molar-refractivity contribution in [2.45, 2.75) is 33.1 Å². The Morgan fingerprint density at radius 3 is 2.33 bits per heavy atom. The molecule has 21 heavy (non-hydrogen) atoms. The van der Waals surface area contributed by atoms with Crippen molar-refractivity contribution in [1.82, 2.24) is 4.90 Å². The van der Waals surface area contributed by atoms with Crippen LogP contribution in [0.1, 0.15) is 33.1 Å². The number of ether oxygens (including phenoxy) is 1. The number of likely N-dealkylation sites (tertiary alicyclic amines) is 1. The third kappa shape index (κ3) is 2.56. The third-order valence-corrected chi connectivity index (χ3v) is 5.83. The van der Waals surface area contributed by atoms with Crippen LogP contribution >= 0.6 is 0 Å². The lowest BCUT2D eigenvalue weighted by Gasteiger charge is -2.27. The summed E-state index contributed by atoms with van der Waals surface area (Å²) in [6.45, 7) is 7.06. The van der Waals surface area contributed by atoms with E-state index < -0.39 is 11.9 Å². The Hall–Kier alpha value is -1.10. The number of carbonyl (C=O) groups excluding carboxylic acids is 1. The third-order valence-electron chi connectivity index (χ3n) is 5.83. The van der Waals surface area contributed by atoms with E-state index >= 15 is 0 Å².